The lowest BCUT2D eigenvalue weighted by molar-refractivity contribution is -0.120. The molecule has 2 rings (SSSR count). The van der Waals surface area contributed by atoms with E-state index >= 15 is 0 Å². The van der Waals surface area contributed by atoms with Crippen LogP contribution in [0.4, 0.5) is 4.39 Å². The SMILES string of the molecule is CC1(F)C2CCC(=O)C21. The number of carbonyl (C=O) groups excluding carboxylic acids is 1. The maximum atomic E-state index is 12.9. The second-order valence-corrected chi connectivity index (χ2v) is 3.24. The molecule has 0 spiro atoms. The summed E-state index contributed by atoms with van der Waals surface area (Å²) in [6, 6.07) is 0. The van der Waals surface area contributed by atoms with Crippen molar-refractivity contribution in [3.05, 3.63) is 0 Å². The van der Waals surface area contributed by atoms with E-state index in [1.54, 1.807) is 6.92 Å². The number of rotatable bonds is 0. The lowest BCUT2D eigenvalue weighted by Gasteiger charge is -2.00. The third kappa shape index (κ3) is 0.467. The minimum atomic E-state index is -1.12. The standard InChI is InChI=1S/C7H9FO/c1-7(8)4-2-3-5(9)6(4)7/h4,6H,2-3H2,1H3. The molecule has 2 aliphatic rings. The van der Waals surface area contributed by atoms with E-state index in [1.165, 1.54) is 0 Å². The minimum absolute atomic E-state index is 0.0880. The van der Waals surface area contributed by atoms with Crippen LogP contribution in [-0.4, -0.2) is 11.5 Å². The summed E-state index contributed by atoms with van der Waals surface area (Å²) < 4.78 is 12.9. The fraction of sp³-hybridized carbons (Fsp3) is 0.857. The Kier molecular flexibility index (Phi) is 0.719. The fourth-order valence-electron chi connectivity index (χ4n) is 2.01. The van der Waals surface area contributed by atoms with E-state index < -0.39 is 5.67 Å². The van der Waals surface area contributed by atoms with Crippen LogP contribution in [0.15, 0.2) is 0 Å². The van der Waals surface area contributed by atoms with E-state index in [2.05, 4.69) is 0 Å². The molecule has 9 heavy (non-hydrogen) atoms. The molecule has 0 N–H and O–H groups in total. The Morgan fingerprint density at radius 2 is 2.44 bits per heavy atom. The van der Waals surface area contributed by atoms with Crippen LogP contribution in [0, 0.1) is 11.8 Å². The second kappa shape index (κ2) is 1.20. The molecule has 0 saturated heterocycles. The van der Waals surface area contributed by atoms with Crippen molar-refractivity contribution in [2.75, 3.05) is 0 Å². The van der Waals surface area contributed by atoms with Crippen LogP contribution in [0.3, 0.4) is 0 Å². The first-order valence-electron chi connectivity index (χ1n) is 3.35. The highest BCUT2D eigenvalue weighted by molar-refractivity contribution is 5.88. The summed E-state index contributed by atoms with van der Waals surface area (Å²) in [5, 5.41) is 0. The highest BCUT2D eigenvalue weighted by Gasteiger charge is 2.68. The van der Waals surface area contributed by atoms with Gasteiger partial charge in [-0.25, -0.2) is 4.39 Å². The molecule has 50 valence electrons. The molecule has 2 heteroatoms. The molecule has 2 aliphatic carbocycles. The molecule has 0 aromatic carbocycles. The third-order valence-electron chi connectivity index (χ3n) is 2.67. The normalized spacial score (nSPS) is 55.6. The monoisotopic (exact) mass is 128 g/mol. The Morgan fingerprint density at radius 1 is 1.78 bits per heavy atom. The van der Waals surface area contributed by atoms with Crippen molar-refractivity contribution in [1.29, 1.82) is 0 Å². The van der Waals surface area contributed by atoms with Crippen molar-refractivity contribution in [2.24, 2.45) is 11.8 Å². The van der Waals surface area contributed by atoms with Gasteiger partial charge in [-0.2, -0.15) is 0 Å². The smallest absolute Gasteiger partial charge is 0.139 e. The van der Waals surface area contributed by atoms with Crippen LogP contribution in [0.25, 0.3) is 0 Å². The molecule has 2 fully saturated rings. The second-order valence-electron chi connectivity index (χ2n) is 3.24. The Hall–Kier alpha value is -0.400. The molecule has 0 radical (unpaired) electrons. The van der Waals surface area contributed by atoms with Gasteiger partial charge >= 0.3 is 0 Å². The third-order valence-corrected chi connectivity index (χ3v) is 2.67. The van der Waals surface area contributed by atoms with Gasteiger partial charge in [0.15, 0.2) is 0 Å². The van der Waals surface area contributed by atoms with Crippen LogP contribution in [-0.2, 0) is 4.79 Å². The molecule has 3 atom stereocenters. The largest absolute Gasteiger partial charge is 0.299 e. The van der Waals surface area contributed by atoms with Crippen molar-refractivity contribution < 1.29 is 9.18 Å². The number of hydrogen-bond acceptors (Lipinski definition) is 1. The van der Waals surface area contributed by atoms with Crippen LogP contribution < -0.4 is 0 Å². The number of Topliss-reactive ketones (excluding diaryl/α,β-unsaturated/α-hetero) is 1. The molecular weight excluding hydrogens is 119 g/mol. The van der Waals surface area contributed by atoms with Gasteiger partial charge < -0.3 is 0 Å². The summed E-state index contributed by atoms with van der Waals surface area (Å²) in [7, 11) is 0. The number of carbonyl (C=O) groups is 1. The first kappa shape index (κ1) is 5.39. The lowest BCUT2D eigenvalue weighted by Crippen LogP contribution is -2.08. The molecule has 0 heterocycles. The van der Waals surface area contributed by atoms with Crippen molar-refractivity contribution >= 4 is 5.78 Å². The van der Waals surface area contributed by atoms with Crippen LogP contribution in [0.5, 0.6) is 0 Å². The van der Waals surface area contributed by atoms with Crippen molar-refractivity contribution in [2.45, 2.75) is 25.4 Å². The molecule has 0 aliphatic heterocycles. The summed E-state index contributed by atoms with van der Waals surface area (Å²) in [5.41, 5.74) is -1.12. The minimum Gasteiger partial charge on any atom is -0.299 e. The predicted molar refractivity (Wildman–Crippen MR) is 30.7 cm³/mol. The van der Waals surface area contributed by atoms with E-state index in [9.17, 15) is 9.18 Å². The van der Waals surface area contributed by atoms with E-state index in [0.717, 1.165) is 6.42 Å². The molecular formula is C7H9FO. The van der Waals surface area contributed by atoms with Gasteiger partial charge in [-0.05, 0) is 13.3 Å². The molecule has 0 bridgehead atoms. The summed E-state index contributed by atoms with van der Waals surface area (Å²) >= 11 is 0. The summed E-state index contributed by atoms with van der Waals surface area (Å²) in [5.74, 6) is 0.0208. The zero-order valence-corrected chi connectivity index (χ0v) is 5.36. The van der Waals surface area contributed by atoms with Gasteiger partial charge in [-0.15, -0.1) is 0 Å². The Bertz CT molecular complexity index is 174. The Balaban J connectivity index is 2.23. The maximum Gasteiger partial charge on any atom is 0.139 e. The highest BCUT2D eigenvalue weighted by atomic mass is 19.1. The van der Waals surface area contributed by atoms with E-state index in [-0.39, 0.29) is 17.6 Å². The van der Waals surface area contributed by atoms with Crippen molar-refractivity contribution in [1.82, 2.24) is 0 Å². The van der Waals surface area contributed by atoms with E-state index in [0.29, 0.717) is 6.42 Å². The number of fused-ring (bicyclic) bond motifs is 1. The first-order chi connectivity index (χ1) is 4.14. The number of ketones is 1. The zero-order chi connectivity index (χ0) is 6.65. The van der Waals surface area contributed by atoms with Crippen LogP contribution in [0.1, 0.15) is 19.8 Å². The van der Waals surface area contributed by atoms with E-state index in [4.69, 9.17) is 0 Å². The van der Waals surface area contributed by atoms with Gasteiger partial charge in [0.25, 0.3) is 0 Å². The van der Waals surface area contributed by atoms with Gasteiger partial charge in [0.05, 0.1) is 5.92 Å². The van der Waals surface area contributed by atoms with Gasteiger partial charge in [0.2, 0.25) is 0 Å². The van der Waals surface area contributed by atoms with Gasteiger partial charge in [-0.3, -0.25) is 4.79 Å². The Morgan fingerprint density at radius 3 is 2.67 bits per heavy atom. The molecule has 0 amide bonds. The fourth-order valence-corrected chi connectivity index (χ4v) is 2.01. The average Bonchev–Trinajstić information content (AvgIpc) is 2.19. The summed E-state index contributed by atoms with van der Waals surface area (Å²) in [6.45, 7) is 1.54. The van der Waals surface area contributed by atoms with Crippen LogP contribution in [0.2, 0.25) is 0 Å². The number of hydrogen-bond donors (Lipinski definition) is 0. The summed E-state index contributed by atoms with van der Waals surface area (Å²) in [6.07, 6.45) is 1.41. The van der Waals surface area contributed by atoms with Crippen molar-refractivity contribution in [3.63, 3.8) is 0 Å². The molecule has 3 unspecified atom stereocenters. The van der Waals surface area contributed by atoms with Gasteiger partial charge in [-0.1, -0.05) is 0 Å². The maximum absolute atomic E-state index is 12.9. The van der Waals surface area contributed by atoms with Crippen molar-refractivity contribution in [3.8, 4) is 0 Å². The lowest BCUT2D eigenvalue weighted by atomic mass is 10.1. The number of alkyl halides is 1. The van der Waals surface area contributed by atoms with Gasteiger partial charge in [0.1, 0.15) is 11.5 Å². The molecule has 1 nitrogen and oxygen atoms in total. The predicted octanol–water partition coefficient (Wildman–Crippen LogP) is 1.32. The van der Waals surface area contributed by atoms with E-state index in [1.807, 2.05) is 0 Å². The topological polar surface area (TPSA) is 17.1 Å². The quantitative estimate of drug-likeness (QED) is 0.481. The first-order valence-corrected chi connectivity index (χ1v) is 3.35. The highest BCUT2D eigenvalue weighted by Crippen LogP contribution is 2.60. The molecule has 0 aromatic heterocycles. The summed E-state index contributed by atoms with van der Waals surface area (Å²) in [4.78, 5) is 10.8. The average molecular weight is 128 g/mol. The zero-order valence-electron chi connectivity index (χ0n) is 5.36. The Labute approximate surface area is 53.2 Å². The molecule has 0 aromatic rings. The number of halogens is 1. The molecule has 2 saturated carbocycles. The van der Waals surface area contributed by atoms with Crippen LogP contribution >= 0.6 is 0 Å². The van der Waals surface area contributed by atoms with Gasteiger partial charge in [0, 0.05) is 12.3 Å².